The third kappa shape index (κ3) is 2.56. The SMILES string of the molecule is Cc1cnc(B2OC(C)(C)C(C)(C)O2)cc1C(C)C. The molecule has 2 rings (SSSR count). The summed E-state index contributed by atoms with van der Waals surface area (Å²) in [6.45, 7) is 14.7. The van der Waals surface area contributed by atoms with Gasteiger partial charge >= 0.3 is 7.12 Å². The molecule has 0 saturated carbocycles. The van der Waals surface area contributed by atoms with Crippen LogP contribution in [0.1, 0.15) is 58.6 Å². The molecule has 1 aliphatic heterocycles. The monoisotopic (exact) mass is 261 g/mol. The predicted molar refractivity (Wildman–Crippen MR) is 78.8 cm³/mol. The van der Waals surface area contributed by atoms with E-state index in [-0.39, 0.29) is 18.3 Å². The van der Waals surface area contributed by atoms with Gasteiger partial charge in [0.1, 0.15) is 0 Å². The maximum atomic E-state index is 6.04. The van der Waals surface area contributed by atoms with Crippen molar-refractivity contribution in [2.24, 2.45) is 0 Å². The van der Waals surface area contributed by atoms with Crippen LogP contribution < -0.4 is 5.59 Å². The van der Waals surface area contributed by atoms with E-state index in [1.807, 2.05) is 6.20 Å². The number of pyridine rings is 1. The molecule has 104 valence electrons. The summed E-state index contributed by atoms with van der Waals surface area (Å²) in [6, 6.07) is 2.11. The average molecular weight is 261 g/mol. The number of rotatable bonds is 2. The molecule has 0 aromatic carbocycles. The van der Waals surface area contributed by atoms with Crippen LogP contribution in [0.2, 0.25) is 0 Å². The highest BCUT2D eigenvalue weighted by Crippen LogP contribution is 2.36. The van der Waals surface area contributed by atoms with Crippen LogP contribution in [0.4, 0.5) is 0 Å². The third-order valence-electron chi connectivity index (χ3n) is 4.28. The molecular formula is C15H24BNO2. The van der Waals surface area contributed by atoms with E-state index in [9.17, 15) is 0 Å². The lowest BCUT2D eigenvalue weighted by atomic mass is 9.82. The molecule has 19 heavy (non-hydrogen) atoms. The smallest absolute Gasteiger partial charge is 0.398 e. The first-order valence-corrected chi connectivity index (χ1v) is 6.96. The van der Waals surface area contributed by atoms with Crippen molar-refractivity contribution in [1.82, 2.24) is 4.98 Å². The van der Waals surface area contributed by atoms with Crippen LogP contribution in [-0.2, 0) is 9.31 Å². The van der Waals surface area contributed by atoms with E-state index in [0.29, 0.717) is 5.92 Å². The van der Waals surface area contributed by atoms with Crippen molar-refractivity contribution in [1.29, 1.82) is 0 Å². The van der Waals surface area contributed by atoms with Crippen LogP contribution in [0.15, 0.2) is 12.3 Å². The van der Waals surface area contributed by atoms with E-state index in [1.54, 1.807) is 0 Å². The molecule has 0 amide bonds. The van der Waals surface area contributed by atoms with Gasteiger partial charge in [0.05, 0.1) is 16.8 Å². The minimum Gasteiger partial charge on any atom is -0.398 e. The molecule has 1 aromatic rings. The molecule has 0 N–H and O–H groups in total. The molecule has 1 aromatic heterocycles. The highest BCUT2D eigenvalue weighted by molar-refractivity contribution is 6.61. The summed E-state index contributed by atoms with van der Waals surface area (Å²) in [5, 5.41) is 0. The van der Waals surface area contributed by atoms with Gasteiger partial charge < -0.3 is 9.31 Å². The van der Waals surface area contributed by atoms with Crippen LogP contribution >= 0.6 is 0 Å². The Bertz CT molecular complexity index is 467. The molecule has 0 bridgehead atoms. The summed E-state index contributed by atoms with van der Waals surface area (Å²) >= 11 is 0. The number of nitrogens with zero attached hydrogens (tertiary/aromatic N) is 1. The molecule has 1 aliphatic rings. The summed E-state index contributed by atoms with van der Waals surface area (Å²) < 4.78 is 12.1. The van der Waals surface area contributed by atoms with Gasteiger partial charge in [-0.05, 0) is 57.7 Å². The number of aryl methyl sites for hydroxylation is 1. The first-order valence-electron chi connectivity index (χ1n) is 6.96. The minimum absolute atomic E-state index is 0.317. The summed E-state index contributed by atoms with van der Waals surface area (Å²) in [6.07, 6.45) is 1.91. The van der Waals surface area contributed by atoms with Gasteiger partial charge in [-0.2, -0.15) is 0 Å². The van der Waals surface area contributed by atoms with Crippen molar-refractivity contribution < 1.29 is 9.31 Å². The van der Waals surface area contributed by atoms with Crippen molar-refractivity contribution in [3.63, 3.8) is 0 Å². The van der Waals surface area contributed by atoms with E-state index < -0.39 is 0 Å². The van der Waals surface area contributed by atoms with Gasteiger partial charge in [0, 0.05) is 6.20 Å². The van der Waals surface area contributed by atoms with Crippen molar-refractivity contribution in [3.8, 4) is 0 Å². The average Bonchev–Trinajstić information content (AvgIpc) is 2.48. The summed E-state index contributed by atoms with van der Waals surface area (Å²) in [7, 11) is -0.372. The van der Waals surface area contributed by atoms with E-state index >= 15 is 0 Å². The lowest BCUT2D eigenvalue weighted by molar-refractivity contribution is 0.00578. The zero-order chi connectivity index (χ0) is 14.4. The van der Waals surface area contributed by atoms with Crippen molar-refractivity contribution in [3.05, 3.63) is 23.4 Å². The Labute approximate surface area is 116 Å². The van der Waals surface area contributed by atoms with E-state index in [1.165, 1.54) is 11.1 Å². The fourth-order valence-corrected chi connectivity index (χ4v) is 2.27. The minimum atomic E-state index is -0.372. The molecule has 0 unspecified atom stereocenters. The first kappa shape index (κ1) is 14.5. The van der Waals surface area contributed by atoms with Crippen LogP contribution in [0.3, 0.4) is 0 Å². The van der Waals surface area contributed by atoms with Crippen LogP contribution in [0.5, 0.6) is 0 Å². The summed E-state index contributed by atoms with van der Waals surface area (Å²) in [5.41, 5.74) is 2.76. The molecule has 3 nitrogen and oxygen atoms in total. The molecular weight excluding hydrogens is 237 g/mol. The van der Waals surface area contributed by atoms with Gasteiger partial charge in [-0.25, -0.2) is 0 Å². The number of aromatic nitrogens is 1. The standard InChI is InChI=1S/C15H24BNO2/c1-10(2)12-8-13(17-9-11(12)3)16-18-14(4,5)15(6,7)19-16/h8-10H,1-7H3. The highest BCUT2D eigenvalue weighted by Gasteiger charge is 2.52. The van der Waals surface area contributed by atoms with Crippen LogP contribution in [0.25, 0.3) is 0 Å². The first-order chi connectivity index (χ1) is 8.64. The van der Waals surface area contributed by atoms with Crippen LogP contribution in [0, 0.1) is 6.92 Å². The second kappa shape index (κ2) is 4.60. The Morgan fingerprint density at radius 1 is 1.11 bits per heavy atom. The molecule has 0 aliphatic carbocycles. The summed E-state index contributed by atoms with van der Waals surface area (Å²) in [5.74, 6) is 0.476. The summed E-state index contributed by atoms with van der Waals surface area (Å²) in [4.78, 5) is 4.48. The highest BCUT2D eigenvalue weighted by atomic mass is 16.7. The molecule has 2 heterocycles. The number of hydrogen-bond donors (Lipinski definition) is 0. The molecule has 1 saturated heterocycles. The largest absolute Gasteiger partial charge is 0.514 e. The molecule has 0 spiro atoms. The van der Waals surface area contributed by atoms with Gasteiger partial charge in [0.25, 0.3) is 0 Å². The Morgan fingerprint density at radius 2 is 1.63 bits per heavy atom. The Kier molecular flexibility index (Phi) is 3.52. The van der Waals surface area contributed by atoms with Gasteiger partial charge in [-0.3, -0.25) is 4.98 Å². The molecule has 0 radical (unpaired) electrons. The fraction of sp³-hybridized carbons (Fsp3) is 0.667. The molecule has 1 fully saturated rings. The van der Waals surface area contributed by atoms with E-state index in [2.05, 4.69) is 59.5 Å². The van der Waals surface area contributed by atoms with Gasteiger partial charge in [-0.15, -0.1) is 0 Å². The van der Waals surface area contributed by atoms with E-state index in [0.717, 1.165) is 5.59 Å². The topological polar surface area (TPSA) is 31.4 Å². The van der Waals surface area contributed by atoms with Crippen molar-refractivity contribution >= 4 is 12.7 Å². The Balaban J connectivity index is 2.32. The maximum absolute atomic E-state index is 6.04. The lowest BCUT2D eigenvalue weighted by Gasteiger charge is -2.32. The van der Waals surface area contributed by atoms with Gasteiger partial charge in [-0.1, -0.05) is 13.8 Å². The van der Waals surface area contributed by atoms with Gasteiger partial charge in [0.2, 0.25) is 0 Å². The molecule has 0 atom stereocenters. The lowest BCUT2D eigenvalue weighted by Crippen LogP contribution is -2.41. The maximum Gasteiger partial charge on any atom is 0.514 e. The quantitative estimate of drug-likeness (QED) is 0.767. The van der Waals surface area contributed by atoms with Crippen LogP contribution in [-0.4, -0.2) is 23.3 Å². The molecule has 4 heteroatoms. The number of hydrogen-bond acceptors (Lipinski definition) is 3. The zero-order valence-electron chi connectivity index (χ0n) is 13.1. The predicted octanol–water partition coefficient (Wildman–Crippen LogP) is 2.81. The second-order valence-electron chi connectivity index (χ2n) is 6.71. The van der Waals surface area contributed by atoms with Crippen molar-refractivity contribution in [2.45, 2.75) is 65.6 Å². The second-order valence-corrected chi connectivity index (χ2v) is 6.71. The normalized spacial score (nSPS) is 21.2. The van der Waals surface area contributed by atoms with E-state index in [4.69, 9.17) is 9.31 Å². The Hall–Kier alpha value is -0.865. The third-order valence-corrected chi connectivity index (χ3v) is 4.28. The van der Waals surface area contributed by atoms with Gasteiger partial charge in [0.15, 0.2) is 0 Å². The Morgan fingerprint density at radius 3 is 2.11 bits per heavy atom. The fourth-order valence-electron chi connectivity index (χ4n) is 2.27. The zero-order valence-corrected chi connectivity index (χ0v) is 13.1. The van der Waals surface area contributed by atoms with Crippen molar-refractivity contribution in [2.75, 3.05) is 0 Å².